The molecule has 0 saturated carbocycles. The van der Waals surface area contributed by atoms with Gasteiger partial charge in [0.15, 0.2) is 0 Å². The van der Waals surface area contributed by atoms with Crippen LogP contribution in [0.4, 0.5) is 0 Å². The van der Waals surface area contributed by atoms with Crippen molar-refractivity contribution in [2.24, 2.45) is 5.92 Å². The standard InChI is InChI=1S/C8H16BrNO/c1-10-4-2-7(3-5-10)8(11)6-9/h7-8,11H,2-6H2,1H3. The van der Waals surface area contributed by atoms with Gasteiger partial charge in [0.25, 0.3) is 0 Å². The van der Waals surface area contributed by atoms with Gasteiger partial charge in [0.2, 0.25) is 0 Å². The molecule has 1 fully saturated rings. The van der Waals surface area contributed by atoms with E-state index in [9.17, 15) is 5.11 Å². The third-order valence-corrected chi connectivity index (χ3v) is 3.13. The van der Waals surface area contributed by atoms with Gasteiger partial charge >= 0.3 is 0 Å². The molecule has 1 atom stereocenters. The van der Waals surface area contributed by atoms with Crippen LogP contribution in [-0.4, -0.2) is 41.6 Å². The fourth-order valence-corrected chi connectivity index (χ4v) is 2.07. The second kappa shape index (κ2) is 4.43. The maximum Gasteiger partial charge on any atom is 0.0666 e. The van der Waals surface area contributed by atoms with Gasteiger partial charge in [-0.15, -0.1) is 0 Å². The molecule has 1 unspecified atom stereocenters. The van der Waals surface area contributed by atoms with Gasteiger partial charge in [0.05, 0.1) is 6.10 Å². The summed E-state index contributed by atoms with van der Waals surface area (Å²) in [5.41, 5.74) is 0. The molecule has 11 heavy (non-hydrogen) atoms. The van der Waals surface area contributed by atoms with E-state index in [1.807, 2.05) is 0 Å². The molecule has 1 rings (SSSR count). The molecule has 3 heteroatoms. The van der Waals surface area contributed by atoms with Crippen LogP contribution in [0, 0.1) is 5.92 Å². The number of nitrogens with zero attached hydrogens (tertiary/aromatic N) is 1. The van der Waals surface area contributed by atoms with Gasteiger partial charge in [-0.2, -0.15) is 0 Å². The van der Waals surface area contributed by atoms with E-state index in [0.29, 0.717) is 5.92 Å². The second-order valence-corrected chi connectivity index (χ2v) is 4.01. The first-order valence-electron chi connectivity index (χ1n) is 4.16. The summed E-state index contributed by atoms with van der Waals surface area (Å²) in [6.07, 6.45) is 2.15. The maximum absolute atomic E-state index is 9.50. The molecule has 0 aromatic carbocycles. The minimum atomic E-state index is -0.135. The Bertz CT molecular complexity index is 113. The molecule has 1 saturated heterocycles. The molecular weight excluding hydrogens is 206 g/mol. The molecular formula is C8H16BrNO. The predicted octanol–water partition coefficient (Wildman–Crippen LogP) is 1.08. The van der Waals surface area contributed by atoms with Crippen molar-refractivity contribution in [2.75, 3.05) is 25.5 Å². The first kappa shape index (κ1) is 9.49. The summed E-state index contributed by atoms with van der Waals surface area (Å²) in [6, 6.07) is 0. The van der Waals surface area contributed by atoms with E-state index in [1.165, 1.54) is 0 Å². The average Bonchev–Trinajstić information content (AvgIpc) is 2.05. The molecule has 1 aliphatic heterocycles. The topological polar surface area (TPSA) is 23.5 Å². The van der Waals surface area contributed by atoms with Crippen LogP contribution in [0.3, 0.4) is 0 Å². The number of hydrogen-bond acceptors (Lipinski definition) is 2. The first-order valence-corrected chi connectivity index (χ1v) is 5.28. The SMILES string of the molecule is CN1CCC(C(O)CBr)CC1. The number of aliphatic hydroxyl groups excluding tert-OH is 1. The highest BCUT2D eigenvalue weighted by molar-refractivity contribution is 9.09. The van der Waals surface area contributed by atoms with Crippen LogP contribution < -0.4 is 0 Å². The Morgan fingerprint density at radius 2 is 2.09 bits per heavy atom. The Balaban J connectivity index is 2.27. The van der Waals surface area contributed by atoms with Crippen LogP contribution in [0.15, 0.2) is 0 Å². The summed E-state index contributed by atoms with van der Waals surface area (Å²) in [5, 5.41) is 10.2. The second-order valence-electron chi connectivity index (χ2n) is 3.36. The van der Waals surface area contributed by atoms with Gasteiger partial charge in [-0.25, -0.2) is 0 Å². The van der Waals surface area contributed by atoms with Gasteiger partial charge < -0.3 is 10.0 Å². The highest BCUT2D eigenvalue weighted by atomic mass is 79.9. The largest absolute Gasteiger partial charge is 0.392 e. The number of halogens is 1. The Morgan fingerprint density at radius 3 is 2.55 bits per heavy atom. The van der Waals surface area contributed by atoms with E-state index in [2.05, 4.69) is 27.9 Å². The lowest BCUT2D eigenvalue weighted by Crippen LogP contribution is -2.35. The zero-order valence-corrected chi connectivity index (χ0v) is 8.55. The fourth-order valence-electron chi connectivity index (χ4n) is 1.54. The van der Waals surface area contributed by atoms with Crippen molar-refractivity contribution in [1.82, 2.24) is 4.90 Å². The number of rotatable bonds is 2. The lowest BCUT2D eigenvalue weighted by atomic mass is 9.92. The molecule has 0 aliphatic carbocycles. The number of piperidine rings is 1. The summed E-state index contributed by atoms with van der Waals surface area (Å²) in [7, 11) is 2.14. The normalized spacial score (nSPS) is 25.4. The molecule has 66 valence electrons. The van der Waals surface area contributed by atoms with Gasteiger partial charge in [-0.3, -0.25) is 0 Å². The van der Waals surface area contributed by atoms with Crippen molar-refractivity contribution in [1.29, 1.82) is 0 Å². The molecule has 0 amide bonds. The van der Waals surface area contributed by atoms with E-state index in [0.717, 1.165) is 31.3 Å². The molecule has 0 aromatic heterocycles. The highest BCUT2D eigenvalue weighted by Crippen LogP contribution is 2.20. The number of aliphatic hydroxyl groups is 1. The maximum atomic E-state index is 9.50. The van der Waals surface area contributed by atoms with E-state index in [4.69, 9.17) is 0 Å². The number of alkyl halides is 1. The van der Waals surface area contributed by atoms with Crippen molar-refractivity contribution in [3.05, 3.63) is 0 Å². The lowest BCUT2D eigenvalue weighted by molar-refractivity contribution is 0.0839. The third-order valence-electron chi connectivity index (χ3n) is 2.47. The van der Waals surface area contributed by atoms with Crippen LogP contribution in [0.2, 0.25) is 0 Å². The predicted molar refractivity (Wildman–Crippen MR) is 50.0 cm³/mol. The van der Waals surface area contributed by atoms with E-state index < -0.39 is 0 Å². The first-order chi connectivity index (χ1) is 5.24. The van der Waals surface area contributed by atoms with E-state index >= 15 is 0 Å². The summed E-state index contributed by atoms with van der Waals surface area (Å²) >= 11 is 3.30. The molecule has 0 bridgehead atoms. The monoisotopic (exact) mass is 221 g/mol. The average molecular weight is 222 g/mol. The number of likely N-dealkylation sites (tertiary alicyclic amines) is 1. The summed E-state index contributed by atoms with van der Waals surface area (Å²) in [4.78, 5) is 2.32. The molecule has 0 radical (unpaired) electrons. The van der Waals surface area contributed by atoms with Gasteiger partial charge in [-0.05, 0) is 38.9 Å². The fraction of sp³-hybridized carbons (Fsp3) is 1.00. The van der Waals surface area contributed by atoms with Crippen molar-refractivity contribution in [3.63, 3.8) is 0 Å². The van der Waals surface area contributed by atoms with E-state index in [1.54, 1.807) is 0 Å². The van der Waals surface area contributed by atoms with Crippen molar-refractivity contribution >= 4 is 15.9 Å². The van der Waals surface area contributed by atoms with Gasteiger partial charge in [0.1, 0.15) is 0 Å². The Labute approximate surface area is 76.7 Å². The minimum absolute atomic E-state index is 0.135. The summed E-state index contributed by atoms with van der Waals surface area (Å²) in [5.74, 6) is 0.519. The Morgan fingerprint density at radius 1 is 1.55 bits per heavy atom. The smallest absolute Gasteiger partial charge is 0.0666 e. The van der Waals surface area contributed by atoms with Gasteiger partial charge in [-0.1, -0.05) is 15.9 Å². The molecule has 1 aliphatic rings. The van der Waals surface area contributed by atoms with Crippen LogP contribution in [0.5, 0.6) is 0 Å². The van der Waals surface area contributed by atoms with Crippen LogP contribution in [-0.2, 0) is 0 Å². The summed E-state index contributed by atoms with van der Waals surface area (Å²) in [6.45, 7) is 2.27. The minimum Gasteiger partial charge on any atom is -0.392 e. The van der Waals surface area contributed by atoms with Crippen LogP contribution in [0.25, 0.3) is 0 Å². The molecule has 1 N–H and O–H groups in total. The number of hydrogen-bond donors (Lipinski definition) is 1. The Hall–Kier alpha value is 0.400. The lowest BCUT2D eigenvalue weighted by Gasteiger charge is -2.31. The third kappa shape index (κ3) is 2.73. The zero-order chi connectivity index (χ0) is 8.27. The summed E-state index contributed by atoms with van der Waals surface area (Å²) < 4.78 is 0. The molecule has 0 aromatic rings. The van der Waals surface area contributed by atoms with Crippen molar-refractivity contribution in [3.8, 4) is 0 Å². The van der Waals surface area contributed by atoms with Gasteiger partial charge in [0, 0.05) is 5.33 Å². The van der Waals surface area contributed by atoms with Crippen LogP contribution in [0.1, 0.15) is 12.8 Å². The van der Waals surface area contributed by atoms with Crippen LogP contribution >= 0.6 is 15.9 Å². The molecule has 2 nitrogen and oxygen atoms in total. The van der Waals surface area contributed by atoms with Crippen molar-refractivity contribution < 1.29 is 5.11 Å². The van der Waals surface area contributed by atoms with Crippen molar-refractivity contribution in [2.45, 2.75) is 18.9 Å². The highest BCUT2D eigenvalue weighted by Gasteiger charge is 2.22. The van der Waals surface area contributed by atoms with E-state index in [-0.39, 0.29) is 6.10 Å². The zero-order valence-electron chi connectivity index (χ0n) is 6.96. The molecule has 1 heterocycles. The Kier molecular flexibility index (Phi) is 3.82. The molecule has 0 spiro atoms. The quantitative estimate of drug-likeness (QED) is 0.707.